The van der Waals surface area contributed by atoms with E-state index in [1.807, 2.05) is 0 Å². The van der Waals surface area contributed by atoms with Gasteiger partial charge in [0, 0.05) is 18.6 Å². The molecule has 3 heteroatoms. The first-order valence-corrected chi connectivity index (χ1v) is 7.98. The van der Waals surface area contributed by atoms with Crippen molar-refractivity contribution in [2.45, 2.75) is 45.8 Å². The van der Waals surface area contributed by atoms with Crippen molar-refractivity contribution < 1.29 is 9.84 Å². The van der Waals surface area contributed by atoms with Crippen LogP contribution >= 0.6 is 0 Å². The Balaban J connectivity index is 1.98. The average molecular weight is 291 g/mol. The topological polar surface area (TPSA) is 32.7 Å². The molecule has 21 heavy (non-hydrogen) atoms. The smallest absolute Gasteiger partial charge is 0.0917 e. The van der Waals surface area contributed by atoms with Crippen molar-refractivity contribution in [3.05, 3.63) is 35.4 Å². The molecule has 0 radical (unpaired) electrons. The van der Waals surface area contributed by atoms with Gasteiger partial charge < -0.3 is 9.84 Å². The first-order valence-electron chi connectivity index (χ1n) is 7.98. The number of hydrogen-bond acceptors (Lipinski definition) is 3. The van der Waals surface area contributed by atoms with E-state index in [9.17, 15) is 5.11 Å². The maximum Gasteiger partial charge on any atom is 0.0917 e. The normalized spacial score (nSPS) is 20.7. The van der Waals surface area contributed by atoms with Crippen LogP contribution in [-0.4, -0.2) is 41.8 Å². The third kappa shape index (κ3) is 4.53. The molecule has 0 aliphatic carbocycles. The second-order valence-corrected chi connectivity index (χ2v) is 7.17. The molecule has 2 rings (SSSR count). The van der Waals surface area contributed by atoms with Gasteiger partial charge in [-0.1, -0.05) is 38.1 Å². The molecule has 1 aliphatic heterocycles. The van der Waals surface area contributed by atoms with E-state index in [0.29, 0.717) is 12.5 Å². The van der Waals surface area contributed by atoms with Crippen molar-refractivity contribution in [1.29, 1.82) is 0 Å². The molecule has 0 spiro atoms. The monoisotopic (exact) mass is 291 g/mol. The summed E-state index contributed by atoms with van der Waals surface area (Å²) in [5.41, 5.74) is 2.34. The summed E-state index contributed by atoms with van der Waals surface area (Å²) in [6.07, 6.45) is 0.655. The highest BCUT2D eigenvalue weighted by Crippen LogP contribution is 2.23. The predicted octanol–water partition coefficient (Wildman–Crippen LogP) is 3.03. The Morgan fingerprint density at radius 3 is 2.48 bits per heavy atom. The van der Waals surface area contributed by atoms with Gasteiger partial charge in [0.1, 0.15) is 0 Å². The maximum absolute atomic E-state index is 10.5. The average Bonchev–Trinajstić information content (AvgIpc) is 2.41. The van der Waals surface area contributed by atoms with E-state index >= 15 is 0 Å². The van der Waals surface area contributed by atoms with Crippen LogP contribution in [0.1, 0.15) is 44.9 Å². The Kier molecular flexibility index (Phi) is 5.42. The molecule has 0 saturated carbocycles. The summed E-state index contributed by atoms with van der Waals surface area (Å²) in [4.78, 5) is 2.32. The number of aliphatic hydroxyl groups excluding tert-OH is 1. The fourth-order valence-corrected chi connectivity index (χ4v) is 2.89. The van der Waals surface area contributed by atoms with E-state index in [1.54, 1.807) is 0 Å². The summed E-state index contributed by atoms with van der Waals surface area (Å²) < 4.78 is 5.53. The summed E-state index contributed by atoms with van der Waals surface area (Å²) in [5, 5.41) is 10.5. The van der Waals surface area contributed by atoms with Crippen molar-refractivity contribution in [1.82, 2.24) is 4.90 Å². The molecule has 118 valence electrons. The van der Waals surface area contributed by atoms with Crippen LogP contribution in [0.15, 0.2) is 24.3 Å². The molecule has 1 saturated heterocycles. The number of rotatable bonds is 5. The van der Waals surface area contributed by atoms with Crippen molar-refractivity contribution in [2.24, 2.45) is 5.92 Å². The fourth-order valence-electron chi connectivity index (χ4n) is 2.89. The van der Waals surface area contributed by atoms with Crippen LogP contribution in [0.4, 0.5) is 0 Å². The quantitative estimate of drug-likeness (QED) is 0.905. The van der Waals surface area contributed by atoms with Gasteiger partial charge in [-0.3, -0.25) is 4.90 Å². The molecule has 1 N–H and O–H groups in total. The lowest BCUT2D eigenvalue weighted by Crippen LogP contribution is -2.54. The van der Waals surface area contributed by atoms with Gasteiger partial charge in [0.2, 0.25) is 0 Å². The number of ether oxygens (including phenoxy) is 1. The van der Waals surface area contributed by atoms with Crippen LogP contribution in [0, 0.1) is 5.92 Å². The summed E-state index contributed by atoms with van der Waals surface area (Å²) in [7, 11) is 0. The standard InChI is InChI=1S/C18H29NO2/c1-14(2)11-15-5-7-16(8-6-15)17(20)12-19-9-10-21-13-18(19,3)4/h5-8,14,17,20H,9-13H2,1-4H3. The molecular formula is C18H29NO2. The van der Waals surface area contributed by atoms with Crippen molar-refractivity contribution >= 4 is 0 Å². The highest BCUT2D eigenvalue weighted by molar-refractivity contribution is 5.24. The molecule has 1 atom stereocenters. The zero-order chi connectivity index (χ0) is 15.5. The van der Waals surface area contributed by atoms with Crippen LogP contribution in [0.5, 0.6) is 0 Å². The van der Waals surface area contributed by atoms with E-state index < -0.39 is 6.10 Å². The number of nitrogens with zero attached hydrogens (tertiary/aromatic N) is 1. The van der Waals surface area contributed by atoms with Gasteiger partial charge in [-0.2, -0.15) is 0 Å². The maximum atomic E-state index is 10.5. The van der Waals surface area contributed by atoms with E-state index in [2.05, 4.69) is 56.9 Å². The van der Waals surface area contributed by atoms with E-state index in [-0.39, 0.29) is 5.54 Å². The van der Waals surface area contributed by atoms with Gasteiger partial charge in [0.15, 0.2) is 0 Å². The minimum atomic E-state index is -0.435. The highest BCUT2D eigenvalue weighted by Gasteiger charge is 2.31. The van der Waals surface area contributed by atoms with Gasteiger partial charge in [0.25, 0.3) is 0 Å². The second kappa shape index (κ2) is 6.91. The summed E-state index contributed by atoms with van der Waals surface area (Å²) in [6.45, 7) is 11.8. The molecular weight excluding hydrogens is 262 g/mol. The highest BCUT2D eigenvalue weighted by atomic mass is 16.5. The molecule has 1 aromatic rings. The molecule has 1 aliphatic rings. The minimum absolute atomic E-state index is 0.00316. The third-order valence-corrected chi connectivity index (χ3v) is 4.22. The molecule has 1 fully saturated rings. The zero-order valence-corrected chi connectivity index (χ0v) is 13.8. The number of morpholine rings is 1. The number of β-amino-alcohol motifs (C(OH)–C–C–N with tert-alkyl or cyclic N) is 1. The van der Waals surface area contributed by atoms with Crippen LogP contribution < -0.4 is 0 Å². The fraction of sp³-hybridized carbons (Fsp3) is 0.667. The Bertz CT molecular complexity index is 439. The molecule has 0 aromatic heterocycles. The molecule has 0 bridgehead atoms. The number of hydrogen-bond donors (Lipinski definition) is 1. The third-order valence-electron chi connectivity index (χ3n) is 4.22. The van der Waals surface area contributed by atoms with Crippen molar-refractivity contribution in [3.63, 3.8) is 0 Å². The first-order chi connectivity index (χ1) is 9.88. The van der Waals surface area contributed by atoms with Gasteiger partial charge >= 0.3 is 0 Å². The second-order valence-electron chi connectivity index (χ2n) is 7.17. The summed E-state index contributed by atoms with van der Waals surface area (Å²) in [6, 6.07) is 8.41. The molecule has 1 unspecified atom stereocenters. The molecule has 0 amide bonds. The van der Waals surface area contributed by atoms with Gasteiger partial charge in [-0.25, -0.2) is 0 Å². The van der Waals surface area contributed by atoms with Gasteiger partial charge in [-0.15, -0.1) is 0 Å². The van der Waals surface area contributed by atoms with Crippen molar-refractivity contribution in [3.8, 4) is 0 Å². The Morgan fingerprint density at radius 2 is 1.90 bits per heavy atom. The van der Waals surface area contributed by atoms with Crippen molar-refractivity contribution in [2.75, 3.05) is 26.3 Å². The molecule has 1 heterocycles. The Morgan fingerprint density at radius 1 is 1.24 bits per heavy atom. The number of benzene rings is 1. The Labute approximate surface area is 128 Å². The predicted molar refractivity (Wildman–Crippen MR) is 86.4 cm³/mol. The Hall–Kier alpha value is -0.900. The van der Waals surface area contributed by atoms with E-state index in [0.717, 1.165) is 31.7 Å². The van der Waals surface area contributed by atoms with E-state index in [4.69, 9.17) is 4.74 Å². The lowest BCUT2D eigenvalue weighted by Gasteiger charge is -2.43. The van der Waals surface area contributed by atoms with Gasteiger partial charge in [0.05, 0.1) is 19.3 Å². The van der Waals surface area contributed by atoms with Crippen LogP contribution in [0.2, 0.25) is 0 Å². The van der Waals surface area contributed by atoms with Gasteiger partial charge in [-0.05, 0) is 37.3 Å². The largest absolute Gasteiger partial charge is 0.387 e. The summed E-state index contributed by atoms with van der Waals surface area (Å²) >= 11 is 0. The SMILES string of the molecule is CC(C)Cc1ccc(C(O)CN2CCOCC2(C)C)cc1. The lowest BCUT2D eigenvalue weighted by atomic mass is 9.98. The molecule has 1 aromatic carbocycles. The molecule has 3 nitrogen and oxygen atoms in total. The van der Waals surface area contributed by atoms with Crippen LogP contribution in [-0.2, 0) is 11.2 Å². The first kappa shape index (κ1) is 16.5. The van der Waals surface area contributed by atoms with Crippen LogP contribution in [0.3, 0.4) is 0 Å². The van der Waals surface area contributed by atoms with E-state index in [1.165, 1.54) is 5.56 Å². The minimum Gasteiger partial charge on any atom is -0.387 e. The summed E-state index contributed by atoms with van der Waals surface area (Å²) in [5.74, 6) is 0.662. The lowest BCUT2D eigenvalue weighted by molar-refractivity contribution is -0.0667. The zero-order valence-electron chi connectivity index (χ0n) is 13.8. The van der Waals surface area contributed by atoms with Crippen LogP contribution in [0.25, 0.3) is 0 Å². The number of aliphatic hydroxyl groups is 1.